The van der Waals surface area contributed by atoms with Gasteiger partial charge in [0.05, 0.1) is 12.8 Å². The lowest BCUT2D eigenvalue weighted by Crippen LogP contribution is -2.45. The summed E-state index contributed by atoms with van der Waals surface area (Å²) in [5, 5.41) is 8.98. The van der Waals surface area contributed by atoms with Crippen LogP contribution in [0.4, 0.5) is 15.9 Å². The highest BCUT2D eigenvalue weighted by Gasteiger charge is 2.35. The van der Waals surface area contributed by atoms with E-state index in [1.807, 2.05) is 6.92 Å². The van der Waals surface area contributed by atoms with E-state index in [1.54, 1.807) is 12.1 Å². The molecule has 2 aliphatic rings. The zero-order chi connectivity index (χ0) is 23.0. The summed E-state index contributed by atoms with van der Waals surface area (Å²) in [4.78, 5) is 34.0. The Morgan fingerprint density at radius 1 is 1.28 bits per heavy atom. The van der Waals surface area contributed by atoms with Gasteiger partial charge in [-0.1, -0.05) is 6.07 Å². The monoisotopic (exact) mass is 442 g/mol. The van der Waals surface area contributed by atoms with E-state index in [2.05, 4.69) is 9.97 Å². The van der Waals surface area contributed by atoms with E-state index in [0.29, 0.717) is 23.4 Å². The van der Waals surface area contributed by atoms with E-state index in [9.17, 15) is 9.59 Å². The number of hydrogen-bond acceptors (Lipinski definition) is 6. The second-order valence-electron chi connectivity index (χ2n) is 8.67. The number of hydrogen-bond donors (Lipinski definition) is 2. The molecule has 1 aromatic heterocycles. The molecule has 0 saturated heterocycles. The number of nitrogens with two attached hydrogens (primary N) is 1. The van der Waals surface area contributed by atoms with Crippen molar-refractivity contribution in [1.29, 1.82) is 0 Å². The number of fused-ring (bicyclic) bond motifs is 1. The van der Waals surface area contributed by atoms with Gasteiger partial charge >= 0.3 is 12.0 Å². The Bertz CT molecular complexity index is 1050. The fourth-order valence-electron chi connectivity index (χ4n) is 4.96. The molecule has 1 amide bonds. The number of methoxy groups -OCH3 is 1. The maximum atomic E-state index is 15.1. The lowest BCUT2D eigenvalue weighted by atomic mass is 9.77. The molecule has 1 aliphatic carbocycles. The minimum absolute atomic E-state index is 0.0453. The zero-order valence-corrected chi connectivity index (χ0v) is 18.2. The number of aliphatic carboxylic acids is 1. The van der Waals surface area contributed by atoms with Gasteiger partial charge in [0.1, 0.15) is 17.2 Å². The van der Waals surface area contributed by atoms with Crippen LogP contribution >= 0.6 is 0 Å². The van der Waals surface area contributed by atoms with Crippen molar-refractivity contribution in [2.45, 2.75) is 57.4 Å². The molecular formula is C23H27FN4O4. The number of carboxylic acids is 1. The van der Waals surface area contributed by atoms with E-state index < -0.39 is 5.97 Å². The van der Waals surface area contributed by atoms with E-state index >= 15 is 4.39 Å². The average Bonchev–Trinajstić information content (AvgIpc) is 2.73. The van der Waals surface area contributed by atoms with Gasteiger partial charge in [0.15, 0.2) is 0 Å². The molecule has 1 fully saturated rings. The normalized spacial score (nSPS) is 23.0. The van der Waals surface area contributed by atoms with Crippen LogP contribution in [-0.2, 0) is 11.2 Å². The van der Waals surface area contributed by atoms with Crippen LogP contribution in [0.2, 0.25) is 0 Å². The molecule has 9 heteroatoms. The molecular weight excluding hydrogens is 415 g/mol. The van der Waals surface area contributed by atoms with Crippen molar-refractivity contribution in [3.8, 4) is 6.01 Å². The van der Waals surface area contributed by atoms with Crippen LogP contribution in [0.25, 0.3) is 0 Å². The SMILES string of the molecule is COc1nc(N)c2c(n1)CC(C)N(c1ccc([C@H]3CC[C@H](CC(=O)O)CC3)c(F)c1)C2=O. The van der Waals surface area contributed by atoms with Crippen LogP contribution in [0, 0.1) is 11.7 Å². The van der Waals surface area contributed by atoms with Crippen LogP contribution in [0.15, 0.2) is 18.2 Å². The lowest BCUT2D eigenvalue weighted by molar-refractivity contribution is -0.138. The van der Waals surface area contributed by atoms with Crippen molar-refractivity contribution in [1.82, 2.24) is 9.97 Å². The van der Waals surface area contributed by atoms with Crippen molar-refractivity contribution in [2.24, 2.45) is 5.92 Å². The maximum absolute atomic E-state index is 15.1. The number of carbonyl (C=O) groups is 2. The Kier molecular flexibility index (Phi) is 5.99. The molecule has 1 aromatic carbocycles. The number of amides is 1. The summed E-state index contributed by atoms with van der Waals surface area (Å²) < 4.78 is 20.2. The van der Waals surface area contributed by atoms with E-state index in [1.165, 1.54) is 18.1 Å². The topological polar surface area (TPSA) is 119 Å². The van der Waals surface area contributed by atoms with Gasteiger partial charge in [-0.05, 0) is 62.1 Å². The van der Waals surface area contributed by atoms with Gasteiger partial charge in [-0.2, -0.15) is 9.97 Å². The number of rotatable bonds is 5. The molecule has 32 heavy (non-hydrogen) atoms. The Balaban J connectivity index is 1.56. The third kappa shape index (κ3) is 4.11. The summed E-state index contributed by atoms with van der Waals surface area (Å²) >= 11 is 0. The molecule has 8 nitrogen and oxygen atoms in total. The first kappa shape index (κ1) is 22.0. The maximum Gasteiger partial charge on any atom is 0.318 e. The molecule has 2 aromatic rings. The molecule has 170 valence electrons. The van der Waals surface area contributed by atoms with E-state index in [0.717, 1.165) is 25.7 Å². The predicted octanol–water partition coefficient (Wildman–Crippen LogP) is 3.55. The molecule has 1 aliphatic heterocycles. The Morgan fingerprint density at radius 2 is 2.00 bits per heavy atom. The number of ether oxygens (including phenoxy) is 1. The second-order valence-corrected chi connectivity index (χ2v) is 8.67. The first-order valence-electron chi connectivity index (χ1n) is 10.8. The first-order chi connectivity index (χ1) is 15.3. The number of halogens is 1. The van der Waals surface area contributed by atoms with E-state index in [-0.39, 0.29) is 53.4 Å². The summed E-state index contributed by atoms with van der Waals surface area (Å²) in [5.74, 6) is -1.24. The van der Waals surface area contributed by atoms with Crippen molar-refractivity contribution in [3.05, 3.63) is 40.8 Å². The third-order valence-electron chi connectivity index (χ3n) is 6.55. The lowest BCUT2D eigenvalue weighted by Gasteiger charge is -2.35. The Hall–Kier alpha value is -3.23. The molecule has 0 radical (unpaired) electrons. The number of nitrogens with zero attached hydrogens (tertiary/aromatic N) is 3. The van der Waals surface area contributed by atoms with Crippen molar-refractivity contribution >= 4 is 23.4 Å². The highest BCUT2D eigenvalue weighted by Crippen LogP contribution is 2.39. The Morgan fingerprint density at radius 3 is 2.62 bits per heavy atom. The van der Waals surface area contributed by atoms with Crippen molar-refractivity contribution in [2.75, 3.05) is 17.7 Å². The quantitative estimate of drug-likeness (QED) is 0.727. The smallest absolute Gasteiger partial charge is 0.318 e. The van der Waals surface area contributed by atoms with Gasteiger partial charge in [-0.3, -0.25) is 9.59 Å². The van der Waals surface area contributed by atoms with Crippen LogP contribution in [0.5, 0.6) is 6.01 Å². The van der Waals surface area contributed by atoms with Crippen LogP contribution in [0.1, 0.15) is 66.6 Å². The molecule has 1 atom stereocenters. The number of benzene rings is 1. The highest BCUT2D eigenvalue weighted by atomic mass is 19.1. The van der Waals surface area contributed by atoms with Crippen molar-refractivity contribution < 1.29 is 23.8 Å². The number of anilines is 2. The molecule has 1 saturated carbocycles. The van der Waals surface area contributed by atoms with E-state index in [4.69, 9.17) is 15.6 Å². The summed E-state index contributed by atoms with van der Waals surface area (Å²) in [6.45, 7) is 1.88. The van der Waals surface area contributed by atoms with Crippen LogP contribution in [-0.4, -0.2) is 40.1 Å². The Labute approximate surface area is 185 Å². The third-order valence-corrected chi connectivity index (χ3v) is 6.55. The second kappa shape index (κ2) is 8.72. The first-order valence-corrected chi connectivity index (χ1v) is 10.8. The molecule has 0 bridgehead atoms. The standard InChI is InChI=1S/C23H27FN4O4/c1-12-9-18-20(21(25)27-23(26-18)32-2)22(31)28(12)15-7-8-16(17(24)11-15)14-5-3-13(4-6-14)10-19(29)30/h7-8,11-14H,3-6,9-10H2,1-2H3,(H,29,30)(H2,25,26,27)/t12?,13-,14-. The summed E-state index contributed by atoms with van der Waals surface area (Å²) in [6, 6.07) is 4.78. The zero-order valence-electron chi connectivity index (χ0n) is 18.2. The largest absolute Gasteiger partial charge is 0.481 e. The predicted molar refractivity (Wildman–Crippen MR) is 116 cm³/mol. The summed E-state index contributed by atoms with van der Waals surface area (Å²) in [7, 11) is 1.44. The summed E-state index contributed by atoms with van der Waals surface area (Å²) in [5.41, 5.74) is 7.83. The van der Waals surface area contributed by atoms with Crippen LogP contribution < -0.4 is 15.4 Å². The van der Waals surface area contributed by atoms with Gasteiger partial charge in [-0.25, -0.2) is 4.39 Å². The van der Waals surface area contributed by atoms with Gasteiger partial charge in [0, 0.05) is 24.6 Å². The highest BCUT2D eigenvalue weighted by molar-refractivity contribution is 6.11. The van der Waals surface area contributed by atoms with Gasteiger partial charge in [-0.15, -0.1) is 0 Å². The molecule has 4 rings (SSSR count). The number of nitrogen functional groups attached to an aromatic ring is 1. The minimum Gasteiger partial charge on any atom is -0.481 e. The fraction of sp³-hybridized carbons (Fsp3) is 0.478. The molecule has 0 spiro atoms. The fourth-order valence-corrected chi connectivity index (χ4v) is 4.96. The molecule has 2 heterocycles. The number of carboxylic acid groups (broad SMARTS) is 1. The molecule has 1 unspecified atom stereocenters. The van der Waals surface area contributed by atoms with Gasteiger partial charge in [0.2, 0.25) is 0 Å². The van der Waals surface area contributed by atoms with Crippen LogP contribution in [0.3, 0.4) is 0 Å². The van der Waals surface area contributed by atoms with Gasteiger partial charge in [0.25, 0.3) is 5.91 Å². The summed E-state index contributed by atoms with van der Waals surface area (Å²) in [6.07, 6.45) is 3.69. The number of aromatic nitrogens is 2. The number of carbonyl (C=O) groups excluding carboxylic acids is 1. The average molecular weight is 442 g/mol. The minimum atomic E-state index is -0.782. The molecule has 3 N–H and O–H groups in total. The van der Waals surface area contributed by atoms with Crippen molar-refractivity contribution in [3.63, 3.8) is 0 Å². The van der Waals surface area contributed by atoms with Gasteiger partial charge < -0.3 is 20.5 Å².